The molecule has 0 fully saturated rings. The van der Waals surface area contributed by atoms with E-state index in [1.807, 2.05) is 30.3 Å². The Hall–Kier alpha value is -1.63. The smallest absolute Gasteiger partial charge is 0.407 e. The van der Waals surface area contributed by atoms with Crippen LogP contribution in [0.3, 0.4) is 0 Å². The van der Waals surface area contributed by atoms with Crippen molar-refractivity contribution < 1.29 is 9.53 Å². The van der Waals surface area contributed by atoms with Crippen LogP contribution in [0, 0.1) is 0 Å². The van der Waals surface area contributed by atoms with E-state index in [0.29, 0.717) is 19.6 Å². The number of nitrogens with two attached hydrogens (primary N) is 2. The second kappa shape index (κ2) is 10.2. The average molecular weight is 280 g/mol. The van der Waals surface area contributed by atoms with Crippen LogP contribution in [0.5, 0.6) is 0 Å². The lowest BCUT2D eigenvalue weighted by atomic mass is 10.2. The van der Waals surface area contributed by atoms with E-state index in [0.717, 1.165) is 25.2 Å². The Balaban J connectivity index is 2.16. The molecule has 112 valence electrons. The average Bonchev–Trinajstić information content (AvgIpc) is 2.47. The number of alkyl carbamates (subject to hydrolysis) is 1. The Morgan fingerprint density at radius 1 is 1.10 bits per heavy atom. The molecular formula is C14H24N4O2. The molecule has 1 aromatic carbocycles. The van der Waals surface area contributed by atoms with Gasteiger partial charge in [0.05, 0.1) is 0 Å². The fourth-order valence-electron chi connectivity index (χ4n) is 1.79. The Morgan fingerprint density at radius 2 is 1.75 bits per heavy atom. The van der Waals surface area contributed by atoms with Gasteiger partial charge in [-0.05, 0) is 5.56 Å². The lowest BCUT2D eigenvalue weighted by Gasteiger charge is -2.20. The predicted molar refractivity (Wildman–Crippen MR) is 79.2 cm³/mol. The number of ether oxygens (including phenoxy) is 1. The first-order chi connectivity index (χ1) is 9.76. The minimum Gasteiger partial charge on any atom is -0.445 e. The molecule has 0 heterocycles. The molecule has 5 N–H and O–H groups in total. The van der Waals surface area contributed by atoms with Gasteiger partial charge in [-0.2, -0.15) is 0 Å². The molecule has 1 amide bonds. The van der Waals surface area contributed by atoms with Gasteiger partial charge in [-0.3, -0.25) is 4.90 Å². The maximum absolute atomic E-state index is 11.5. The number of rotatable bonds is 9. The van der Waals surface area contributed by atoms with Crippen LogP contribution < -0.4 is 16.8 Å². The van der Waals surface area contributed by atoms with Crippen molar-refractivity contribution in [3.05, 3.63) is 35.9 Å². The quantitative estimate of drug-likeness (QED) is 0.598. The van der Waals surface area contributed by atoms with Crippen LogP contribution in [0.2, 0.25) is 0 Å². The summed E-state index contributed by atoms with van der Waals surface area (Å²) >= 11 is 0. The molecule has 1 rings (SSSR count). The minimum atomic E-state index is -0.408. The van der Waals surface area contributed by atoms with Crippen molar-refractivity contribution in [1.82, 2.24) is 10.2 Å². The standard InChI is InChI=1S/C14H24N4O2/c15-6-9-18(10-7-16)11-8-17-14(19)20-12-13-4-2-1-3-5-13/h1-5H,6-12,15-16H2,(H,17,19). The second-order valence-corrected chi connectivity index (χ2v) is 4.41. The molecule has 0 unspecified atom stereocenters. The van der Waals surface area contributed by atoms with Gasteiger partial charge in [0.25, 0.3) is 0 Å². The first kappa shape index (κ1) is 16.4. The van der Waals surface area contributed by atoms with Crippen molar-refractivity contribution in [1.29, 1.82) is 0 Å². The van der Waals surface area contributed by atoms with Gasteiger partial charge >= 0.3 is 6.09 Å². The van der Waals surface area contributed by atoms with Crippen LogP contribution in [0.15, 0.2) is 30.3 Å². The highest BCUT2D eigenvalue weighted by atomic mass is 16.5. The summed E-state index contributed by atoms with van der Waals surface area (Å²) in [5, 5.41) is 2.72. The van der Waals surface area contributed by atoms with Crippen molar-refractivity contribution in [2.24, 2.45) is 11.5 Å². The fraction of sp³-hybridized carbons (Fsp3) is 0.500. The molecule has 0 aromatic heterocycles. The normalized spacial score (nSPS) is 10.6. The van der Waals surface area contributed by atoms with Gasteiger partial charge in [-0.1, -0.05) is 30.3 Å². The summed E-state index contributed by atoms with van der Waals surface area (Å²) in [6.07, 6.45) is -0.408. The van der Waals surface area contributed by atoms with Gasteiger partial charge in [-0.15, -0.1) is 0 Å². The third-order valence-corrected chi connectivity index (χ3v) is 2.80. The fourth-order valence-corrected chi connectivity index (χ4v) is 1.79. The monoisotopic (exact) mass is 280 g/mol. The third-order valence-electron chi connectivity index (χ3n) is 2.80. The number of hydrogen-bond acceptors (Lipinski definition) is 5. The lowest BCUT2D eigenvalue weighted by Crippen LogP contribution is -2.40. The predicted octanol–water partition coefficient (Wildman–Crippen LogP) is 0.132. The molecule has 0 bridgehead atoms. The third kappa shape index (κ3) is 7.08. The Morgan fingerprint density at radius 3 is 2.35 bits per heavy atom. The Kier molecular flexibility index (Phi) is 8.37. The van der Waals surface area contributed by atoms with Gasteiger partial charge in [-0.25, -0.2) is 4.79 Å². The van der Waals surface area contributed by atoms with E-state index in [1.165, 1.54) is 0 Å². The molecular weight excluding hydrogens is 256 g/mol. The number of carbonyl (C=O) groups is 1. The lowest BCUT2D eigenvalue weighted by molar-refractivity contribution is 0.138. The second-order valence-electron chi connectivity index (χ2n) is 4.41. The van der Waals surface area contributed by atoms with Gasteiger partial charge in [0.2, 0.25) is 0 Å². The van der Waals surface area contributed by atoms with Crippen molar-refractivity contribution in [2.75, 3.05) is 39.3 Å². The van der Waals surface area contributed by atoms with E-state index in [-0.39, 0.29) is 6.61 Å². The van der Waals surface area contributed by atoms with Gasteiger partial charge in [0, 0.05) is 39.3 Å². The molecule has 0 aliphatic carbocycles. The van der Waals surface area contributed by atoms with Crippen LogP contribution in [0.25, 0.3) is 0 Å². The van der Waals surface area contributed by atoms with Crippen molar-refractivity contribution in [3.8, 4) is 0 Å². The van der Waals surface area contributed by atoms with E-state index in [4.69, 9.17) is 16.2 Å². The zero-order valence-electron chi connectivity index (χ0n) is 11.8. The van der Waals surface area contributed by atoms with Gasteiger partial charge in [0.1, 0.15) is 6.61 Å². The molecule has 0 radical (unpaired) electrons. The zero-order valence-corrected chi connectivity index (χ0v) is 11.8. The van der Waals surface area contributed by atoms with E-state index < -0.39 is 6.09 Å². The molecule has 0 spiro atoms. The summed E-state index contributed by atoms with van der Waals surface area (Å²) in [5.41, 5.74) is 12.0. The first-order valence-corrected chi connectivity index (χ1v) is 6.83. The van der Waals surface area contributed by atoms with E-state index >= 15 is 0 Å². The van der Waals surface area contributed by atoms with Crippen LogP contribution >= 0.6 is 0 Å². The molecule has 0 saturated heterocycles. The van der Waals surface area contributed by atoms with Crippen molar-refractivity contribution >= 4 is 6.09 Å². The summed E-state index contributed by atoms with van der Waals surface area (Å²) in [7, 11) is 0. The number of amides is 1. The van der Waals surface area contributed by atoms with E-state index in [2.05, 4.69) is 10.2 Å². The molecule has 0 aliphatic rings. The maximum Gasteiger partial charge on any atom is 0.407 e. The summed E-state index contributed by atoms with van der Waals surface area (Å²) in [4.78, 5) is 13.6. The zero-order chi connectivity index (χ0) is 14.6. The number of carbonyl (C=O) groups excluding carboxylic acids is 1. The van der Waals surface area contributed by atoms with Crippen LogP contribution in [0.4, 0.5) is 4.79 Å². The summed E-state index contributed by atoms with van der Waals surface area (Å²) < 4.78 is 5.11. The number of nitrogens with zero attached hydrogens (tertiary/aromatic N) is 1. The first-order valence-electron chi connectivity index (χ1n) is 6.83. The SMILES string of the molecule is NCCN(CCN)CCNC(=O)OCc1ccccc1. The van der Waals surface area contributed by atoms with E-state index in [1.54, 1.807) is 0 Å². The minimum absolute atomic E-state index is 0.280. The number of nitrogens with one attached hydrogen (secondary N) is 1. The Bertz CT molecular complexity index is 367. The highest BCUT2D eigenvalue weighted by molar-refractivity contribution is 5.67. The van der Waals surface area contributed by atoms with Gasteiger partial charge < -0.3 is 21.5 Å². The highest BCUT2D eigenvalue weighted by Crippen LogP contribution is 2.00. The molecule has 0 aliphatic heterocycles. The molecule has 6 heteroatoms. The van der Waals surface area contributed by atoms with Crippen molar-refractivity contribution in [3.63, 3.8) is 0 Å². The van der Waals surface area contributed by atoms with Crippen LogP contribution in [-0.4, -0.2) is 50.3 Å². The molecule has 6 nitrogen and oxygen atoms in total. The Labute approximate surface area is 120 Å². The number of benzene rings is 1. The largest absolute Gasteiger partial charge is 0.445 e. The topological polar surface area (TPSA) is 93.6 Å². The maximum atomic E-state index is 11.5. The summed E-state index contributed by atoms with van der Waals surface area (Å²) in [6.45, 7) is 4.23. The molecule has 20 heavy (non-hydrogen) atoms. The van der Waals surface area contributed by atoms with Crippen LogP contribution in [0.1, 0.15) is 5.56 Å². The summed E-state index contributed by atoms with van der Waals surface area (Å²) in [5.74, 6) is 0. The highest BCUT2D eigenvalue weighted by Gasteiger charge is 2.05. The van der Waals surface area contributed by atoms with E-state index in [9.17, 15) is 4.79 Å². The number of hydrogen-bond donors (Lipinski definition) is 3. The summed E-state index contributed by atoms with van der Waals surface area (Å²) in [6, 6.07) is 9.57. The molecule has 0 saturated carbocycles. The van der Waals surface area contributed by atoms with Crippen LogP contribution in [-0.2, 0) is 11.3 Å². The molecule has 0 atom stereocenters. The van der Waals surface area contributed by atoms with Crippen molar-refractivity contribution in [2.45, 2.75) is 6.61 Å². The molecule has 1 aromatic rings. The van der Waals surface area contributed by atoms with Gasteiger partial charge in [0.15, 0.2) is 0 Å².